The van der Waals surface area contributed by atoms with E-state index in [0.717, 1.165) is 4.60 Å². The lowest BCUT2D eigenvalue weighted by Gasteiger charge is -2.02. The number of nitrogens with one attached hydrogen (secondary N) is 1. The Bertz CT molecular complexity index is 209. The lowest BCUT2D eigenvalue weighted by Crippen LogP contribution is -2.09. The van der Waals surface area contributed by atoms with Gasteiger partial charge in [-0.25, -0.2) is 0 Å². The van der Waals surface area contributed by atoms with Crippen molar-refractivity contribution < 1.29 is 4.42 Å². The fraction of sp³-hybridized carbons (Fsp3) is 0.500. The number of halogens is 1. The summed E-state index contributed by atoms with van der Waals surface area (Å²) >= 11 is 3.18. The van der Waals surface area contributed by atoms with Gasteiger partial charge in [0, 0.05) is 6.04 Å². The Kier molecular flexibility index (Phi) is 2.32. The molecule has 3 nitrogen and oxygen atoms in total. The fourth-order valence-electron chi connectivity index (χ4n) is 0.567. The highest BCUT2D eigenvalue weighted by atomic mass is 79.9. The van der Waals surface area contributed by atoms with Crippen LogP contribution < -0.4 is 5.32 Å². The van der Waals surface area contributed by atoms with Crippen LogP contribution in [0, 0.1) is 0 Å². The van der Waals surface area contributed by atoms with Gasteiger partial charge in [-0.15, -0.1) is 0 Å². The maximum Gasteiger partial charge on any atom is 0.295 e. The summed E-state index contributed by atoms with van der Waals surface area (Å²) in [5.74, 6) is 0. The Morgan fingerprint density at radius 3 is 2.80 bits per heavy atom. The van der Waals surface area contributed by atoms with E-state index in [4.69, 9.17) is 4.42 Å². The smallest absolute Gasteiger partial charge is 0.295 e. The zero-order valence-electron chi connectivity index (χ0n) is 5.89. The van der Waals surface area contributed by atoms with Crippen LogP contribution in [0.4, 0.5) is 6.01 Å². The number of oxazole rings is 1. The molecule has 1 heterocycles. The van der Waals surface area contributed by atoms with Gasteiger partial charge in [0.05, 0.1) is 0 Å². The summed E-state index contributed by atoms with van der Waals surface area (Å²) in [6.45, 7) is 4.05. The zero-order valence-corrected chi connectivity index (χ0v) is 7.47. The highest BCUT2D eigenvalue weighted by molar-refractivity contribution is 9.10. The number of rotatable bonds is 2. The zero-order chi connectivity index (χ0) is 7.56. The van der Waals surface area contributed by atoms with Gasteiger partial charge in [0.1, 0.15) is 10.9 Å². The lowest BCUT2D eigenvalue weighted by atomic mass is 10.4. The summed E-state index contributed by atoms with van der Waals surface area (Å²) < 4.78 is 5.72. The molecular formula is C6H9BrN2O. The molecule has 0 amide bonds. The molecule has 1 aromatic heterocycles. The topological polar surface area (TPSA) is 38.1 Å². The van der Waals surface area contributed by atoms with Crippen LogP contribution >= 0.6 is 15.9 Å². The minimum Gasteiger partial charge on any atom is -0.431 e. The van der Waals surface area contributed by atoms with Gasteiger partial charge in [0.2, 0.25) is 0 Å². The summed E-state index contributed by atoms with van der Waals surface area (Å²) in [6.07, 6.45) is 1.55. The van der Waals surface area contributed by atoms with Crippen molar-refractivity contribution in [2.24, 2.45) is 0 Å². The molecule has 0 spiro atoms. The van der Waals surface area contributed by atoms with E-state index >= 15 is 0 Å². The first-order chi connectivity index (χ1) is 4.68. The average Bonchev–Trinajstić information content (AvgIpc) is 2.13. The monoisotopic (exact) mass is 204 g/mol. The summed E-state index contributed by atoms with van der Waals surface area (Å²) in [5.41, 5.74) is 0. The second kappa shape index (κ2) is 3.05. The second-order valence-corrected chi connectivity index (χ2v) is 3.09. The lowest BCUT2D eigenvalue weighted by molar-refractivity contribution is 0.564. The quantitative estimate of drug-likeness (QED) is 0.804. The minimum atomic E-state index is 0.352. The predicted molar refractivity (Wildman–Crippen MR) is 43.0 cm³/mol. The number of anilines is 1. The molecule has 1 N–H and O–H groups in total. The standard InChI is InChI=1S/C6H9BrN2O/c1-4(2)8-6-9-5(7)3-10-6/h3-4H,1-2H3,(H,8,9). The molecule has 0 fully saturated rings. The van der Waals surface area contributed by atoms with Crippen LogP contribution in [0.25, 0.3) is 0 Å². The van der Waals surface area contributed by atoms with Crippen LogP contribution in [0.15, 0.2) is 15.3 Å². The third-order valence-electron chi connectivity index (χ3n) is 0.888. The van der Waals surface area contributed by atoms with Crippen LogP contribution in [0.2, 0.25) is 0 Å². The van der Waals surface area contributed by atoms with E-state index in [1.54, 1.807) is 6.26 Å². The van der Waals surface area contributed by atoms with Crippen molar-refractivity contribution >= 4 is 21.9 Å². The van der Waals surface area contributed by atoms with Gasteiger partial charge in [-0.3, -0.25) is 0 Å². The normalized spacial score (nSPS) is 10.4. The summed E-state index contributed by atoms with van der Waals surface area (Å²) in [4.78, 5) is 3.99. The molecule has 0 aromatic carbocycles. The molecule has 0 bridgehead atoms. The van der Waals surface area contributed by atoms with E-state index in [1.165, 1.54) is 0 Å². The molecule has 4 heteroatoms. The Hall–Kier alpha value is -0.510. The van der Waals surface area contributed by atoms with Crippen molar-refractivity contribution in [1.29, 1.82) is 0 Å². The van der Waals surface area contributed by atoms with Crippen LogP contribution in [0.5, 0.6) is 0 Å². The molecule has 10 heavy (non-hydrogen) atoms. The van der Waals surface area contributed by atoms with Gasteiger partial charge in [-0.2, -0.15) is 4.98 Å². The largest absolute Gasteiger partial charge is 0.431 e. The SMILES string of the molecule is CC(C)Nc1nc(Br)co1. The summed E-state index contributed by atoms with van der Waals surface area (Å²) in [5, 5.41) is 3.02. The van der Waals surface area contributed by atoms with Gasteiger partial charge >= 0.3 is 0 Å². The Balaban J connectivity index is 2.58. The van der Waals surface area contributed by atoms with Crippen LogP contribution in [-0.4, -0.2) is 11.0 Å². The Labute approximate surface area is 68.0 Å². The van der Waals surface area contributed by atoms with Crippen molar-refractivity contribution in [2.45, 2.75) is 19.9 Å². The first-order valence-corrected chi connectivity index (χ1v) is 3.85. The number of nitrogens with zero attached hydrogens (tertiary/aromatic N) is 1. The van der Waals surface area contributed by atoms with Gasteiger partial charge in [-0.1, -0.05) is 0 Å². The van der Waals surface area contributed by atoms with E-state index in [-0.39, 0.29) is 0 Å². The molecule has 0 unspecified atom stereocenters. The minimum absolute atomic E-state index is 0.352. The highest BCUT2D eigenvalue weighted by Gasteiger charge is 2.00. The molecular weight excluding hydrogens is 196 g/mol. The summed E-state index contributed by atoms with van der Waals surface area (Å²) in [6, 6.07) is 0.910. The number of hydrogen-bond donors (Lipinski definition) is 1. The Morgan fingerprint density at radius 2 is 2.40 bits per heavy atom. The molecule has 0 radical (unpaired) electrons. The van der Waals surface area contributed by atoms with Crippen molar-refractivity contribution in [2.75, 3.05) is 5.32 Å². The molecule has 0 saturated carbocycles. The maximum absolute atomic E-state index is 5.01. The van der Waals surface area contributed by atoms with Gasteiger partial charge in [0.25, 0.3) is 6.01 Å². The first kappa shape index (κ1) is 7.60. The number of aromatic nitrogens is 1. The third-order valence-corrected chi connectivity index (χ3v) is 1.25. The van der Waals surface area contributed by atoms with E-state index in [2.05, 4.69) is 26.2 Å². The Morgan fingerprint density at radius 1 is 1.70 bits per heavy atom. The van der Waals surface area contributed by atoms with Gasteiger partial charge in [0.15, 0.2) is 0 Å². The number of hydrogen-bond acceptors (Lipinski definition) is 3. The first-order valence-electron chi connectivity index (χ1n) is 3.06. The summed E-state index contributed by atoms with van der Waals surface area (Å²) in [7, 11) is 0. The van der Waals surface area contributed by atoms with Crippen LogP contribution in [0.3, 0.4) is 0 Å². The second-order valence-electron chi connectivity index (χ2n) is 2.27. The molecule has 0 aliphatic heterocycles. The molecule has 1 rings (SSSR count). The predicted octanol–water partition coefficient (Wildman–Crippen LogP) is 2.26. The maximum atomic E-state index is 5.01. The van der Waals surface area contributed by atoms with Crippen molar-refractivity contribution in [3.63, 3.8) is 0 Å². The molecule has 0 saturated heterocycles. The van der Waals surface area contributed by atoms with E-state index in [9.17, 15) is 0 Å². The van der Waals surface area contributed by atoms with Gasteiger partial charge < -0.3 is 9.73 Å². The molecule has 0 atom stereocenters. The fourth-order valence-corrected chi connectivity index (χ4v) is 0.822. The van der Waals surface area contributed by atoms with Crippen LogP contribution in [0.1, 0.15) is 13.8 Å². The molecule has 1 aromatic rings. The van der Waals surface area contributed by atoms with Crippen molar-refractivity contribution in [3.8, 4) is 0 Å². The van der Waals surface area contributed by atoms with Crippen molar-refractivity contribution in [1.82, 2.24) is 4.98 Å². The van der Waals surface area contributed by atoms with E-state index in [0.29, 0.717) is 12.1 Å². The highest BCUT2D eigenvalue weighted by Crippen LogP contribution is 2.12. The molecule has 56 valence electrons. The third kappa shape index (κ3) is 2.02. The molecule has 0 aliphatic rings. The molecule has 0 aliphatic carbocycles. The van der Waals surface area contributed by atoms with Gasteiger partial charge in [-0.05, 0) is 29.8 Å². The van der Waals surface area contributed by atoms with E-state index < -0.39 is 0 Å². The van der Waals surface area contributed by atoms with E-state index in [1.807, 2.05) is 13.8 Å². The van der Waals surface area contributed by atoms with Crippen molar-refractivity contribution in [3.05, 3.63) is 10.9 Å². The average molecular weight is 205 g/mol. The van der Waals surface area contributed by atoms with Crippen LogP contribution in [-0.2, 0) is 0 Å².